The predicted octanol–water partition coefficient (Wildman–Crippen LogP) is 2.91. The first kappa shape index (κ1) is 11.6. The molecule has 0 spiro atoms. The summed E-state index contributed by atoms with van der Waals surface area (Å²) in [5.74, 6) is 1.83. The second kappa shape index (κ2) is 4.99. The van der Waals surface area contributed by atoms with E-state index in [-0.39, 0.29) is 0 Å². The van der Waals surface area contributed by atoms with Gasteiger partial charge in [-0.3, -0.25) is 4.57 Å². The van der Waals surface area contributed by atoms with E-state index in [2.05, 4.69) is 65.1 Å². The molecule has 0 unspecified atom stereocenters. The molecule has 0 amide bonds. The number of benzene rings is 1. The number of nitrogens with one attached hydrogen (secondary N) is 1. The van der Waals surface area contributed by atoms with Crippen molar-refractivity contribution >= 4 is 11.6 Å². The van der Waals surface area contributed by atoms with E-state index in [9.17, 15) is 0 Å². The van der Waals surface area contributed by atoms with Crippen LogP contribution >= 0.6 is 0 Å². The van der Waals surface area contributed by atoms with Gasteiger partial charge in [0, 0.05) is 18.7 Å². The van der Waals surface area contributed by atoms with Crippen LogP contribution in [-0.2, 0) is 13.0 Å². The van der Waals surface area contributed by atoms with Crippen LogP contribution < -0.4 is 5.32 Å². The highest BCUT2D eigenvalue weighted by atomic mass is 15.3. The summed E-state index contributed by atoms with van der Waals surface area (Å²) in [4.78, 5) is 0. The molecule has 0 saturated heterocycles. The van der Waals surface area contributed by atoms with Crippen molar-refractivity contribution in [2.45, 2.75) is 33.7 Å². The van der Waals surface area contributed by atoms with Gasteiger partial charge in [-0.1, -0.05) is 24.6 Å². The van der Waals surface area contributed by atoms with Crippen LogP contribution in [0.2, 0.25) is 0 Å². The first-order valence-corrected chi connectivity index (χ1v) is 6.00. The molecule has 0 saturated carbocycles. The zero-order valence-electron chi connectivity index (χ0n) is 10.6. The van der Waals surface area contributed by atoms with Crippen molar-refractivity contribution in [1.82, 2.24) is 14.8 Å². The highest BCUT2D eigenvalue weighted by Crippen LogP contribution is 2.16. The van der Waals surface area contributed by atoms with Crippen LogP contribution in [0.25, 0.3) is 0 Å². The van der Waals surface area contributed by atoms with Gasteiger partial charge in [0.1, 0.15) is 5.82 Å². The van der Waals surface area contributed by atoms with Crippen molar-refractivity contribution in [3.05, 3.63) is 35.7 Å². The summed E-state index contributed by atoms with van der Waals surface area (Å²) in [7, 11) is 0. The van der Waals surface area contributed by atoms with Crippen molar-refractivity contribution in [3.63, 3.8) is 0 Å². The minimum atomic E-state index is 0.813. The van der Waals surface area contributed by atoms with E-state index in [0.717, 1.165) is 30.4 Å². The molecule has 0 bridgehead atoms. The Hall–Kier alpha value is -1.84. The Bertz CT molecular complexity index is 485. The van der Waals surface area contributed by atoms with Crippen LogP contribution in [0.1, 0.15) is 25.2 Å². The molecule has 0 aliphatic carbocycles. The zero-order chi connectivity index (χ0) is 12.3. The van der Waals surface area contributed by atoms with Crippen LogP contribution in [-0.4, -0.2) is 14.8 Å². The van der Waals surface area contributed by atoms with Crippen molar-refractivity contribution in [1.29, 1.82) is 0 Å². The second-order valence-electron chi connectivity index (χ2n) is 4.03. The average Bonchev–Trinajstić information content (AvgIpc) is 2.74. The molecule has 17 heavy (non-hydrogen) atoms. The highest BCUT2D eigenvalue weighted by Gasteiger charge is 2.08. The van der Waals surface area contributed by atoms with Gasteiger partial charge in [0.25, 0.3) is 0 Å². The number of aromatic nitrogens is 3. The normalized spacial score (nSPS) is 10.5. The van der Waals surface area contributed by atoms with Crippen molar-refractivity contribution < 1.29 is 0 Å². The smallest absolute Gasteiger partial charge is 0.229 e. The van der Waals surface area contributed by atoms with E-state index < -0.39 is 0 Å². The Morgan fingerprint density at radius 2 is 1.82 bits per heavy atom. The Morgan fingerprint density at radius 1 is 1.12 bits per heavy atom. The number of anilines is 2. The summed E-state index contributed by atoms with van der Waals surface area (Å²) in [5, 5.41) is 11.6. The fraction of sp³-hybridized carbons (Fsp3) is 0.385. The summed E-state index contributed by atoms with van der Waals surface area (Å²) in [6.07, 6.45) is 0.899. The topological polar surface area (TPSA) is 42.7 Å². The molecule has 0 radical (unpaired) electrons. The summed E-state index contributed by atoms with van der Waals surface area (Å²) in [6.45, 7) is 7.15. The SMILES string of the molecule is CCc1nnc(Nc2ccc(C)cc2)n1CC. The molecule has 1 aromatic heterocycles. The molecule has 4 nitrogen and oxygen atoms in total. The van der Waals surface area contributed by atoms with Crippen LogP contribution in [0, 0.1) is 6.92 Å². The third-order valence-electron chi connectivity index (χ3n) is 2.77. The molecular weight excluding hydrogens is 212 g/mol. The molecule has 90 valence electrons. The number of hydrogen-bond acceptors (Lipinski definition) is 3. The summed E-state index contributed by atoms with van der Waals surface area (Å²) < 4.78 is 2.10. The molecule has 2 rings (SSSR count). The van der Waals surface area contributed by atoms with E-state index in [0.29, 0.717) is 0 Å². The van der Waals surface area contributed by atoms with Gasteiger partial charge in [0.05, 0.1) is 0 Å². The summed E-state index contributed by atoms with van der Waals surface area (Å²) in [6, 6.07) is 8.26. The van der Waals surface area contributed by atoms with Gasteiger partial charge in [-0.05, 0) is 26.0 Å². The standard InChI is InChI=1S/C13H18N4/c1-4-12-15-16-13(17(12)5-2)14-11-8-6-10(3)7-9-11/h6-9H,4-5H2,1-3H3,(H,14,16). The fourth-order valence-electron chi connectivity index (χ4n) is 1.79. The molecule has 1 heterocycles. The quantitative estimate of drug-likeness (QED) is 0.878. The van der Waals surface area contributed by atoms with Gasteiger partial charge in [0.15, 0.2) is 0 Å². The highest BCUT2D eigenvalue weighted by molar-refractivity contribution is 5.53. The number of nitrogens with zero attached hydrogens (tertiary/aromatic N) is 3. The second-order valence-corrected chi connectivity index (χ2v) is 4.03. The Labute approximate surface area is 102 Å². The van der Waals surface area contributed by atoms with Crippen molar-refractivity contribution in [3.8, 4) is 0 Å². The molecular formula is C13H18N4. The van der Waals surface area contributed by atoms with E-state index >= 15 is 0 Å². The molecule has 0 aliphatic rings. The van der Waals surface area contributed by atoms with Gasteiger partial charge in [-0.25, -0.2) is 0 Å². The molecule has 2 aromatic rings. The van der Waals surface area contributed by atoms with E-state index in [1.807, 2.05) is 0 Å². The number of rotatable bonds is 4. The maximum atomic E-state index is 4.18. The van der Waals surface area contributed by atoms with Gasteiger partial charge in [-0.2, -0.15) is 0 Å². The Kier molecular flexibility index (Phi) is 3.42. The summed E-state index contributed by atoms with van der Waals surface area (Å²) >= 11 is 0. The number of hydrogen-bond donors (Lipinski definition) is 1. The largest absolute Gasteiger partial charge is 0.324 e. The third kappa shape index (κ3) is 2.46. The Balaban J connectivity index is 2.23. The zero-order valence-corrected chi connectivity index (χ0v) is 10.6. The van der Waals surface area contributed by atoms with Gasteiger partial charge >= 0.3 is 0 Å². The third-order valence-corrected chi connectivity index (χ3v) is 2.77. The minimum Gasteiger partial charge on any atom is -0.324 e. The first-order valence-electron chi connectivity index (χ1n) is 6.00. The number of aryl methyl sites for hydroxylation is 2. The summed E-state index contributed by atoms with van der Waals surface area (Å²) in [5.41, 5.74) is 2.29. The molecule has 1 N–H and O–H groups in total. The fourth-order valence-corrected chi connectivity index (χ4v) is 1.79. The Morgan fingerprint density at radius 3 is 2.41 bits per heavy atom. The minimum absolute atomic E-state index is 0.813. The van der Waals surface area contributed by atoms with Crippen LogP contribution in [0.5, 0.6) is 0 Å². The average molecular weight is 230 g/mol. The lowest BCUT2D eigenvalue weighted by atomic mass is 10.2. The van der Waals surface area contributed by atoms with Gasteiger partial charge < -0.3 is 5.32 Å². The molecule has 0 atom stereocenters. The maximum absolute atomic E-state index is 4.18. The van der Waals surface area contributed by atoms with E-state index in [1.165, 1.54) is 5.56 Å². The van der Waals surface area contributed by atoms with Gasteiger partial charge in [0.2, 0.25) is 5.95 Å². The van der Waals surface area contributed by atoms with E-state index in [4.69, 9.17) is 0 Å². The molecule has 1 aromatic carbocycles. The van der Waals surface area contributed by atoms with Gasteiger partial charge in [-0.15, -0.1) is 10.2 Å². The van der Waals surface area contributed by atoms with Crippen LogP contribution in [0.15, 0.2) is 24.3 Å². The van der Waals surface area contributed by atoms with Crippen molar-refractivity contribution in [2.24, 2.45) is 0 Å². The lowest BCUT2D eigenvalue weighted by Gasteiger charge is -2.08. The van der Waals surface area contributed by atoms with Crippen molar-refractivity contribution in [2.75, 3.05) is 5.32 Å². The van der Waals surface area contributed by atoms with E-state index in [1.54, 1.807) is 0 Å². The monoisotopic (exact) mass is 230 g/mol. The molecule has 0 aliphatic heterocycles. The predicted molar refractivity (Wildman–Crippen MR) is 69.5 cm³/mol. The lowest BCUT2D eigenvalue weighted by Crippen LogP contribution is -2.05. The van der Waals surface area contributed by atoms with Crippen LogP contribution in [0.4, 0.5) is 11.6 Å². The molecule has 0 fully saturated rings. The lowest BCUT2D eigenvalue weighted by molar-refractivity contribution is 0.712. The first-order chi connectivity index (χ1) is 8.24. The maximum Gasteiger partial charge on any atom is 0.229 e. The van der Waals surface area contributed by atoms with Crippen LogP contribution in [0.3, 0.4) is 0 Å². The molecule has 4 heteroatoms.